The van der Waals surface area contributed by atoms with Gasteiger partial charge in [0.2, 0.25) is 5.82 Å². The van der Waals surface area contributed by atoms with Gasteiger partial charge in [0.25, 0.3) is 15.9 Å². The number of ether oxygens (including phenoxy) is 1. The molecule has 0 aliphatic rings. The molecule has 7 nitrogen and oxygen atoms in total. The monoisotopic (exact) mass is 370 g/mol. The Balaban J connectivity index is 1.78. The largest absolute Gasteiger partial charge is 0.470 e. The van der Waals surface area contributed by atoms with Gasteiger partial charge in [-0.3, -0.25) is 9.71 Å². The Hall–Kier alpha value is -3.00. The minimum atomic E-state index is -3.79. The van der Waals surface area contributed by atoms with Gasteiger partial charge in [-0.1, -0.05) is 25.1 Å². The van der Waals surface area contributed by atoms with E-state index in [2.05, 4.69) is 19.7 Å². The number of hydrogen-bond donors (Lipinski definition) is 1. The van der Waals surface area contributed by atoms with Crippen LogP contribution in [0.5, 0.6) is 5.88 Å². The molecule has 134 valence electrons. The second-order valence-electron chi connectivity index (χ2n) is 5.46. The van der Waals surface area contributed by atoms with Crippen LogP contribution in [0.1, 0.15) is 18.1 Å². The Kier molecular flexibility index (Phi) is 5.43. The SMILES string of the molecule is CCc1ccc(S(=O)(=O)Nc2nccnc2OCc2cccnc2)cc1. The van der Waals surface area contributed by atoms with E-state index in [1.807, 2.05) is 13.0 Å². The molecular formula is C18H18N4O3S. The molecular weight excluding hydrogens is 352 g/mol. The third-order valence-corrected chi connectivity index (χ3v) is 4.99. The van der Waals surface area contributed by atoms with Gasteiger partial charge in [-0.05, 0) is 30.2 Å². The summed E-state index contributed by atoms with van der Waals surface area (Å²) in [5.74, 6) is 0.140. The van der Waals surface area contributed by atoms with Crippen LogP contribution in [0.2, 0.25) is 0 Å². The van der Waals surface area contributed by atoms with Crippen LogP contribution in [0, 0.1) is 0 Å². The average molecular weight is 370 g/mol. The summed E-state index contributed by atoms with van der Waals surface area (Å²) in [5.41, 5.74) is 1.89. The van der Waals surface area contributed by atoms with Gasteiger partial charge >= 0.3 is 0 Å². The Labute approximate surface area is 152 Å². The Morgan fingerprint density at radius 3 is 2.46 bits per heavy atom. The van der Waals surface area contributed by atoms with E-state index in [1.54, 1.807) is 42.7 Å². The Morgan fingerprint density at radius 1 is 1.00 bits per heavy atom. The first-order chi connectivity index (χ1) is 12.6. The number of sulfonamides is 1. The second-order valence-corrected chi connectivity index (χ2v) is 7.15. The Morgan fingerprint density at radius 2 is 1.77 bits per heavy atom. The highest BCUT2D eigenvalue weighted by atomic mass is 32.2. The lowest BCUT2D eigenvalue weighted by Crippen LogP contribution is -2.15. The zero-order valence-corrected chi connectivity index (χ0v) is 15.0. The van der Waals surface area contributed by atoms with Crippen LogP contribution in [0.25, 0.3) is 0 Å². The highest BCUT2D eigenvalue weighted by Gasteiger charge is 2.18. The highest BCUT2D eigenvalue weighted by Crippen LogP contribution is 2.22. The van der Waals surface area contributed by atoms with Gasteiger partial charge in [-0.25, -0.2) is 18.4 Å². The molecule has 0 aliphatic carbocycles. The molecule has 2 heterocycles. The second kappa shape index (κ2) is 7.92. The van der Waals surface area contributed by atoms with Crippen molar-refractivity contribution in [2.24, 2.45) is 0 Å². The minimum absolute atomic E-state index is 0.0379. The molecule has 8 heteroatoms. The van der Waals surface area contributed by atoms with Crippen molar-refractivity contribution in [3.63, 3.8) is 0 Å². The number of hydrogen-bond acceptors (Lipinski definition) is 6. The first-order valence-corrected chi connectivity index (χ1v) is 9.51. The summed E-state index contributed by atoms with van der Waals surface area (Å²) in [4.78, 5) is 12.3. The van der Waals surface area contributed by atoms with Gasteiger partial charge < -0.3 is 4.74 Å². The van der Waals surface area contributed by atoms with Crippen molar-refractivity contribution in [3.05, 3.63) is 72.3 Å². The topological polar surface area (TPSA) is 94.1 Å². The van der Waals surface area contributed by atoms with E-state index < -0.39 is 10.0 Å². The maximum Gasteiger partial charge on any atom is 0.263 e. The van der Waals surface area contributed by atoms with Crippen LogP contribution < -0.4 is 9.46 Å². The molecule has 0 saturated heterocycles. The number of aromatic nitrogens is 3. The van der Waals surface area contributed by atoms with Gasteiger partial charge in [0.1, 0.15) is 6.61 Å². The van der Waals surface area contributed by atoms with Crippen molar-refractivity contribution in [2.45, 2.75) is 24.8 Å². The fraction of sp³-hybridized carbons (Fsp3) is 0.167. The molecule has 1 aromatic carbocycles. The lowest BCUT2D eigenvalue weighted by Gasteiger charge is -2.11. The van der Waals surface area contributed by atoms with Gasteiger partial charge in [-0.15, -0.1) is 0 Å². The van der Waals surface area contributed by atoms with E-state index in [0.29, 0.717) is 0 Å². The molecule has 0 aliphatic heterocycles. The maximum absolute atomic E-state index is 12.6. The molecule has 0 fully saturated rings. The van der Waals surface area contributed by atoms with E-state index in [4.69, 9.17) is 4.74 Å². The van der Waals surface area contributed by atoms with E-state index >= 15 is 0 Å². The van der Waals surface area contributed by atoms with Crippen molar-refractivity contribution in [1.82, 2.24) is 15.0 Å². The smallest absolute Gasteiger partial charge is 0.263 e. The van der Waals surface area contributed by atoms with Crippen LogP contribution in [0.3, 0.4) is 0 Å². The van der Waals surface area contributed by atoms with Crippen LogP contribution in [0.4, 0.5) is 5.82 Å². The lowest BCUT2D eigenvalue weighted by molar-refractivity contribution is 0.294. The number of nitrogens with zero attached hydrogens (tertiary/aromatic N) is 3. The summed E-state index contributed by atoms with van der Waals surface area (Å²) >= 11 is 0. The lowest BCUT2D eigenvalue weighted by atomic mass is 10.2. The normalized spacial score (nSPS) is 11.1. The summed E-state index contributed by atoms with van der Waals surface area (Å²) < 4.78 is 33.2. The zero-order valence-electron chi connectivity index (χ0n) is 14.2. The van der Waals surface area contributed by atoms with Crippen molar-refractivity contribution in [3.8, 4) is 5.88 Å². The predicted molar refractivity (Wildman–Crippen MR) is 97.2 cm³/mol. The van der Waals surface area contributed by atoms with E-state index in [1.165, 1.54) is 12.4 Å². The third-order valence-electron chi connectivity index (χ3n) is 3.64. The standard InChI is InChI=1S/C18H18N4O3S/c1-2-14-5-7-16(8-6-14)26(23,24)22-17-18(21-11-10-20-17)25-13-15-4-3-9-19-12-15/h3-12H,2,13H2,1H3,(H,20,22). The third kappa shape index (κ3) is 4.34. The van der Waals surface area contributed by atoms with Crippen molar-refractivity contribution in [2.75, 3.05) is 4.72 Å². The Bertz CT molecular complexity index is 961. The van der Waals surface area contributed by atoms with Crippen LogP contribution in [-0.4, -0.2) is 23.4 Å². The van der Waals surface area contributed by atoms with Crippen molar-refractivity contribution >= 4 is 15.8 Å². The fourth-order valence-electron chi connectivity index (χ4n) is 2.23. The molecule has 0 bridgehead atoms. The molecule has 2 aromatic heterocycles. The number of rotatable bonds is 7. The fourth-order valence-corrected chi connectivity index (χ4v) is 3.23. The van der Waals surface area contributed by atoms with E-state index in [-0.39, 0.29) is 23.2 Å². The summed E-state index contributed by atoms with van der Waals surface area (Å²) in [7, 11) is -3.79. The first kappa shape index (κ1) is 17.8. The molecule has 1 N–H and O–H groups in total. The van der Waals surface area contributed by atoms with Crippen molar-refractivity contribution in [1.29, 1.82) is 0 Å². The number of pyridine rings is 1. The van der Waals surface area contributed by atoms with E-state index in [0.717, 1.165) is 17.5 Å². The summed E-state index contributed by atoms with van der Waals surface area (Å²) in [5, 5.41) is 0. The maximum atomic E-state index is 12.6. The minimum Gasteiger partial charge on any atom is -0.470 e. The summed E-state index contributed by atoms with van der Waals surface area (Å²) in [6.07, 6.45) is 7.00. The number of nitrogens with one attached hydrogen (secondary N) is 1. The molecule has 0 unspecified atom stereocenters. The highest BCUT2D eigenvalue weighted by molar-refractivity contribution is 7.92. The summed E-state index contributed by atoms with van der Waals surface area (Å²) in [6, 6.07) is 10.3. The van der Waals surface area contributed by atoms with Gasteiger partial charge in [0.05, 0.1) is 4.90 Å². The number of anilines is 1. The van der Waals surface area contributed by atoms with Crippen LogP contribution >= 0.6 is 0 Å². The molecule has 3 rings (SSSR count). The molecule has 0 saturated carbocycles. The molecule has 0 atom stereocenters. The predicted octanol–water partition coefficient (Wildman–Crippen LogP) is 2.81. The number of benzene rings is 1. The molecule has 0 amide bonds. The van der Waals surface area contributed by atoms with Gasteiger partial charge in [0.15, 0.2) is 0 Å². The molecule has 0 spiro atoms. The summed E-state index contributed by atoms with van der Waals surface area (Å²) in [6.45, 7) is 2.21. The first-order valence-electron chi connectivity index (χ1n) is 8.03. The van der Waals surface area contributed by atoms with Crippen LogP contribution in [0.15, 0.2) is 66.1 Å². The van der Waals surface area contributed by atoms with Crippen LogP contribution in [-0.2, 0) is 23.1 Å². The van der Waals surface area contributed by atoms with Crippen molar-refractivity contribution < 1.29 is 13.2 Å². The van der Waals surface area contributed by atoms with Gasteiger partial charge in [-0.2, -0.15) is 0 Å². The average Bonchev–Trinajstić information content (AvgIpc) is 2.68. The quantitative estimate of drug-likeness (QED) is 0.687. The van der Waals surface area contributed by atoms with E-state index in [9.17, 15) is 8.42 Å². The number of aryl methyl sites for hydroxylation is 1. The zero-order chi connectivity index (χ0) is 18.4. The van der Waals surface area contributed by atoms with Gasteiger partial charge in [0, 0.05) is 30.4 Å². The molecule has 3 aromatic rings. The molecule has 26 heavy (non-hydrogen) atoms. The molecule has 0 radical (unpaired) electrons.